The summed E-state index contributed by atoms with van der Waals surface area (Å²) in [6, 6.07) is 0. The lowest BCUT2D eigenvalue weighted by atomic mass is 9.85. The zero-order valence-corrected chi connectivity index (χ0v) is 13.2. The van der Waals surface area contributed by atoms with Gasteiger partial charge in [0.1, 0.15) is 11.7 Å². The standard InChI is InChI=1S/C17H26O4/c1-5-14(20-16(19)13(3)4)12-15(18)21-17(6-2)10-8-7-9-11-17/h6,14H,2-3,5,7-12H2,1,4H3. The van der Waals surface area contributed by atoms with Crippen LogP contribution in [0.15, 0.2) is 24.8 Å². The van der Waals surface area contributed by atoms with Gasteiger partial charge in [-0.1, -0.05) is 26.5 Å². The van der Waals surface area contributed by atoms with Crippen molar-refractivity contribution in [2.75, 3.05) is 0 Å². The number of carbonyl (C=O) groups excluding carboxylic acids is 2. The van der Waals surface area contributed by atoms with Gasteiger partial charge in [-0.05, 0) is 45.1 Å². The third-order valence-electron chi connectivity index (χ3n) is 3.86. The second kappa shape index (κ2) is 8.01. The van der Waals surface area contributed by atoms with Crippen molar-refractivity contribution in [1.29, 1.82) is 0 Å². The number of hydrogen-bond donors (Lipinski definition) is 0. The minimum absolute atomic E-state index is 0.0745. The Morgan fingerprint density at radius 1 is 1.29 bits per heavy atom. The van der Waals surface area contributed by atoms with Crippen LogP contribution in [0.1, 0.15) is 58.8 Å². The van der Waals surface area contributed by atoms with Crippen molar-refractivity contribution in [3.8, 4) is 0 Å². The smallest absolute Gasteiger partial charge is 0.333 e. The molecule has 0 aliphatic heterocycles. The van der Waals surface area contributed by atoms with Gasteiger partial charge < -0.3 is 9.47 Å². The third kappa shape index (κ3) is 5.37. The molecule has 0 aromatic rings. The van der Waals surface area contributed by atoms with Crippen LogP contribution in [0.2, 0.25) is 0 Å². The van der Waals surface area contributed by atoms with Crippen LogP contribution in [0.3, 0.4) is 0 Å². The molecule has 0 heterocycles. The fourth-order valence-electron chi connectivity index (χ4n) is 2.47. The Morgan fingerprint density at radius 3 is 2.38 bits per heavy atom. The molecule has 0 amide bonds. The molecule has 0 spiro atoms. The summed E-state index contributed by atoms with van der Waals surface area (Å²) in [6.45, 7) is 10.8. The Balaban J connectivity index is 2.55. The molecule has 0 aromatic carbocycles. The van der Waals surface area contributed by atoms with Gasteiger partial charge in [-0.2, -0.15) is 0 Å². The van der Waals surface area contributed by atoms with Gasteiger partial charge in [-0.3, -0.25) is 4.79 Å². The summed E-state index contributed by atoms with van der Waals surface area (Å²) >= 11 is 0. The second-order valence-electron chi connectivity index (χ2n) is 5.72. The van der Waals surface area contributed by atoms with Crippen LogP contribution < -0.4 is 0 Å². The molecule has 118 valence electrons. The van der Waals surface area contributed by atoms with E-state index in [-0.39, 0.29) is 12.4 Å². The highest BCUT2D eigenvalue weighted by atomic mass is 16.6. The highest BCUT2D eigenvalue weighted by Gasteiger charge is 2.33. The van der Waals surface area contributed by atoms with Gasteiger partial charge in [0.2, 0.25) is 0 Å². The normalized spacial score (nSPS) is 18.4. The van der Waals surface area contributed by atoms with E-state index in [9.17, 15) is 9.59 Å². The first-order valence-electron chi connectivity index (χ1n) is 7.64. The molecule has 0 bridgehead atoms. The van der Waals surface area contributed by atoms with Gasteiger partial charge in [-0.15, -0.1) is 0 Å². The van der Waals surface area contributed by atoms with E-state index >= 15 is 0 Å². The van der Waals surface area contributed by atoms with Crippen molar-refractivity contribution in [2.45, 2.75) is 70.5 Å². The summed E-state index contributed by atoms with van der Waals surface area (Å²) in [4.78, 5) is 23.6. The topological polar surface area (TPSA) is 52.6 Å². The van der Waals surface area contributed by atoms with Crippen molar-refractivity contribution in [3.05, 3.63) is 24.8 Å². The maximum absolute atomic E-state index is 12.1. The van der Waals surface area contributed by atoms with Crippen LogP contribution in [0.25, 0.3) is 0 Å². The first-order valence-corrected chi connectivity index (χ1v) is 7.64. The van der Waals surface area contributed by atoms with Crippen LogP contribution in [0.4, 0.5) is 0 Å². The zero-order chi connectivity index (χ0) is 15.9. The maximum atomic E-state index is 12.1. The van der Waals surface area contributed by atoms with Gasteiger partial charge in [0.25, 0.3) is 0 Å². The molecule has 0 N–H and O–H groups in total. The molecule has 1 aliphatic carbocycles. The van der Waals surface area contributed by atoms with E-state index in [2.05, 4.69) is 13.2 Å². The van der Waals surface area contributed by atoms with Crippen molar-refractivity contribution in [2.24, 2.45) is 0 Å². The predicted molar refractivity (Wildman–Crippen MR) is 81.7 cm³/mol. The Bertz CT molecular complexity index is 405. The van der Waals surface area contributed by atoms with Crippen LogP contribution in [0, 0.1) is 0 Å². The van der Waals surface area contributed by atoms with Crippen molar-refractivity contribution in [1.82, 2.24) is 0 Å². The van der Waals surface area contributed by atoms with Crippen molar-refractivity contribution < 1.29 is 19.1 Å². The Labute approximate surface area is 127 Å². The van der Waals surface area contributed by atoms with Gasteiger partial charge in [-0.25, -0.2) is 4.79 Å². The lowest BCUT2D eigenvalue weighted by molar-refractivity contribution is -0.162. The van der Waals surface area contributed by atoms with Crippen LogP contribution >= 0.6 is 0 Å². The van der Waals surface area contributed by atoms with Crippen LogP contribution in [0.5, 0.6) is 0 Å². The molecule has 1 saturated carbocycles. The first-order chi connectivity index (χ1) is 9.92. The molecular weight excluding hydrogens is 268 g/mol. The largest absolute Gasteiger partial charge is 0.458 e. The molecule has 1 fully saturated rings. The van der Waals surface area contributed by atoms with Gasteiger partial charge >= 0.3 is 11.9 Å². The molecule has 0 aromatic heterocycles. The number of carbonyl (C=O) groups is 2. The molecule has 1 aliphatic rings. The number of hydrogen-bond acceptors (Lipinski definition) is 4. The van der Waals surface area contributed by atoms with E-state index in [4.69, 9.17) is 9.47 Å². The first kappa shape index (κ1) is 17.5. The summed E-state index contributed by atoms with van der Waals surface area (Å²) in [6.07, 6.45) is 6.82. The predicted octanol–water partition coefficient (Wildman–Crippen LogP) is 3.71. The van der Waals surface area contributed by atoms with Gasteiger partial charge in [0.15, 0.2) is 0 Å². The van der Waals surface area contributed by atoms with Crippen LogP contribution in [-0.2, 0) is 19.1 Å². The van der Waals surface area contributed by atoms with E-state index in [1.807, 2.05) is 6.92 Å². The summed E-state index contributed by atoms with van der Waals surface area (Å²) in [7, 11) is 0. The summed E-state index contributed by atoms with van der Waals surface area (Å²) < 4.78 is 10.9. The lowest BCUT2D eigenvalue weighted by Gasteiger charge is -2.34. The number of esters is 2. The Kier molecular flexibility index (Phi) is 6.66. The fourth-order valence-corrected chi connectivity index (χ4v) is 2.47. The van der Waals surface area contributed by atoms with E-state index in [1.165, 1.54) is 6.42 Å². The van der Waals surface area contributed by atoms with E-state index in [0.29, 0.717) is 12.0 Å². The summed E-state index contributed by atoms with van der Waals surface area (Å²) in [5, 5.41) is 0. The van der Waals surface area contributed by atoms with Gasteiger partial charge in [0.05, 0.1) is 6.42 Å². The number of ether oxygens (including phenoxy) is 2. The minimum Gasteiger partial charge on any atom is -0.458 e. The lowest BCUT2D eigenvalue weighted by Crippen LogP contribution is -2.36. The second-order valence-corrected chi connectivity index (χ2v) is 5.72. The van der Waals surface area contributed by atoms with E-state index in [0.717, 1.165) is 25.7 Å². The minimum atomic E-state index is -0.536. The Hall–Kier alpha value is -1.58. The highest BCUT2D eigenvalue weighted by molar-refractivity contribution is 5.87. The average molecular weight is 294 g/mol. The van der Waals surface area contributed by atoms with E-state index in [1.54, 1.807) is 13.0 Å². The zero-order valence-electron chi connectivity index (χ0n) is 13.2. The SMILES string of the molecule is C=CC1(OC(=O)CC(CC)OC(=O)C(=C)C)CCCCC1. The third-order valence-corrected chi connectivity index (χ3v) is 3.86. The molecule has 0 saturated heterocycles. The summed E-state index contributed by atoms with van der Waals surface area (Å²) in [5.41, 5.74) is -0.205. The highest BCUT2D eigenvalue weighted by Crippen LogP contribution is 2.33. The molecule has 21 heavy (non-hydrogen) atoms. The molecule has 4 heteroatoms. The summed E-state index contributed by atoms with van der Waals surface area (Å²) in [5.74, 6) is -0.802. The molecule has 0 radical (unpaired) electrons. The quantitative estimate of drug-likeness (QED) is 0.408. The van der Waals surface area contributed by atoms with Gasteiger partial charge in [0, 0.05) is 5.57 Å². The van der Waals surface area contributed by atoms with E-state index < -0.39 is 17.7 Å². The van der Waals surface area contributed by atoms with Crippen LogP contribution in [-0.4, -0.2) is 23.6 Å². The monoisotopic (exact) mass is 294 g/mol. The molecule has 1 atom stereocenters. The molecule has 4 nitrogen and oxygen atoms in total. The molecule has 1 unspecified atom stereocenters. The molecular formula is C17H26O4. The fraction of sp³-hybridized carbons (Fsp3) is 0.647. The van der Waals surface area contributed by atoms with Crippen molar-refractivity contribution in [3.63, 3.8) is 0 Å². The Morgan fingerprint density at radius 2 is 1.90 bits per heavy atom. The molecule has 1 rings (SSSR count). The number of rotatable bonds is 7. The maximum Gasteiger partial charge on any atom is 0.333 e. The average Bonchev–Trinajstić information content (AvgIpc) is 2.47. The van der Waals surface area contributed by atoms with Crippen molar-refractivity contribution >= 4 is 11.9 Å².